The van der Waals surface area contributed by atoms with E-state index in [0.717, 1.165) is 12.2 Å². The Balaban J connectivity index is 1.76. The van der Waals surface area contributed by atoms with E-state index in [0.29, 0.717) is 41.2 Å². The average molecular weight is 519 g/mol. The van der Waals surface area contributed by atoms with Gasteiger partial charge in [0.05, 0.1) is 31.4 Å². The van der Waals surface area contributed by atoms with E-state index in [1.807, 2.05) is 6.92 Å². The molecule has 1 saturated carbocycles. The van der Waals surface area contributed by atoms with Crippen LogP contribution in [0.15, 0.2) is 24.5 Å². The van der Waals surface area contributed by atoms with Crippen molar-refractivity contribution in [3.63, 3.8) is 0 Å². The van der Waals surface area contributed by atoms with Crippen LogP contribution in [0, 0.1) is 11.7 Å². The van der Waals surface area contributed by atoms with Crippen LogP contribution in [0.3, 0.4) is 0 Å². The molecule has 1 aliphatic rings. The lowest BCUT2D eigenvalue weighted by atomic mass is 10.1. The van der Waals surface area contributed by atoms with Gasteiger partial charge in [-0.05, 0) is 31.5 Å². The Morgan fingerprint density at radius 1 is 1.31 bits per heavy atom. The van der Waals surface area contributed by atoms with Crippen molar-refractivity contribution in [1.82, 2.24) is 14.5 Å². The smallest absolute Gasteiger partial charge is 0.231 e. The number of amides is 1. The molecule has 0 aliphatic heterocycles. The van der Waals surface area contributed by atoms with Gasteiger partial charge in [-0.15, -0.1) is 0 Å². The number of halogens is 2. The van der Waals surface area contributed by atoms with Crippen LogP contribution in [0.1, 0.15) is 13.3 Å². The summed E-state index contributed by atoms with van der Waals surface area (Å²) in [6, 6.07) is 4.40. The number of carbonyl (C=O) groups is 1. The van der Waals surface area contributed by atoms with Gasteiger partial charge in [-0.25, -0.2) is 18.7 Å². The SMILES string of the molecule is CCOc1ncc(F)c(OC)c1-c1cn(COCC[Si](C)(C)C)c2nc(NC(=O)[C@@H]3C[C@@H]3F)ccc12. The van der Waals surface area contributed by atoms with Crippen LogP contribution in [0.4, 0.5) is 14.6 Å². The Morgan fingerprint density at radius 2 is 2.06 bits per heavy atom. The minimum Gasteiger partial charge on any atom is -0.493 e. The molecular formula is C25H32F2N4O4Si. The van der Waals surface area contributed by atoms with Crippen molar-refractivity contribution < 1.29 is 27.8 Å². The van der Waals surface area contributed by atoms with E-state index in [1.165, 1.54) is 7.11 Å². The molecule has 0 bridgehead atoms. The summed E-state index contributed by atoms with van der Waals surface area (Å²) in [6.45, 7) is 9.77. The van der Waals surface area contributed by atoms with E-state index < -0.39 is 31.9 Å². The lowest BCUT2D eigenvalue weighted by Crippen LogP contribution is -2.22. The molecule has 0 aromatic carbocycles. The van der Waals surface area contributed by atoms with Crippen LogP contribution in [0.5, 0.6) is 11.6 Å². The summed E-state index contributed by atoms with van der Waals surface area (Å²) < 4.78 is 46.9. The van der Waals surface area contributed by atoms with Crippen molar-refractivity contribution >= 4 is 30.8 Å². The molecule has 1 amide bonds. The molecule has 4 rings (SSSR count). The molecule has 1 fully saturated rings. The third-order valence-electron chi connectivity index (χ3n) is 5.96. The van der Waals surface area contributed by atoms with Crippen molar-refractivity contribution in [2.24, 2.45) is 5.92 Å². The number of nitrogens with zero attached hydrogens (tertiary/aromatic N) is 3. The quantitative estimate of drug-likeness (QED) is 0.275. The summed E-state index contributed by atoms with van der Waals surface area (Å²) in [4.78, 5) is 21.0. The molecule has 0 spiro atoms. The fourth-order valence-electron chi connectivity index (χ4n) is 3.87. The number of aromatic nitrogens is 3. The standard InChI is InChI=1S/C25H32F2N4O4Si/c1-6-35-25-21(22(33-2)19(27)12-28-25)17-13-31(14-34-9-10-36(3,4)5)23-15(17)7-8-20(29-23)30-24(32)16-11-18(16)26/h7-8,12-13,16,18H,6,9-11,14H2,1-5H3,(H,29,30,32)/t16-,18+/m1/s1. The number of methoxy groups -OCH3 is 1. The Labute approximate surface area is 210 Å². The highest BCUT2D eigenvalue weighted by Gasteiger charge is 2.43. The van der Waals surface area contributed by atoms with Crippen molar-refractivity contribution in [2.75, 3.05) is 25.6 Å². The number of anilines is 1. The van der Waals surface area contributed by atoms with Gasteiger partial charge in [0.25, 0.3) is 0 Å². The number of hydrogen-bond donors (Lipinski definition) is 1. The van der Waals surface area contributed by atoms with E-state index in [2.05, 4.69) is 34.9 Å². The summed E-state index contributed by atoms with van der Waals surface area (Å²) in [5, 5.41) is 3.36. The average Bonchev–Trinajstić information content (AvgIpc) is 3.46. The van der Waals surface area contributed by atoms with Crippen LogP contribution in [0.25, 0.3) is 22.2 Å². The van der Waals surface area contributed by atoms with Gasteiger partial charge in [-0.2, -0.15) is 0 Å². The predicted molar refractivity (Wildman–Crippen MR) is 136 cm³/mol. The second kappa shape index (κ2) is 10.5. The maximum atomic E-state index is 14.7. The van der Waals surface area contributed by atoms with Crippen LogP contribution >= 0.6 is 0 Å². The Kier molecular flexibility index (Phi) is 7.60. The largest absolute Gasteiger partial charge is 0.493 e. The van der Waals surface area contributed by atoms with Crippen LogP contribution in [0.2, 0.25) is 25.7 Å². The molecule has 3 aromatic rings. The van der Waals surface area contributed by atoms with E-state index in [4.69, 9.17) is 14.2 Å². The predicted octanol–water partition coefficient (Wildman–Crippen LogP) is 5.25. The van der Waals surface area contributed by atoms with Gasteiger partial charge in [-0.3, -0.25) is 4.79 Å². The zero-order chi connectivity index (χ0) is 26.0. The molecule has 1 aliphatic carbocycles. The summed E-state index contributed by atoms with van der Waals surface area (Å²) >= 11 is 0. The number of pyridine rings is 2. The number of rotatable bonds is 11. The summed E-state index contributed by atoms with van der Waals surface area (Å²) in [5.74, 6) is -1.11. The van der Waals surface area contributed by atoms with E-state index in [9.17, 15) is 13.6 Å². The second-order valence-electron chi connectivity index (χ2n) is 10.0. The Bertz CT molecular complexity index is 1260. The first-order valence-corrected chi connectivity index (χ1v) is 15.7. The number of fused-ring (bicyclic) bond motifs is 1. The minimum atomic E-state index is -1.28. The van der Waals surface area contributed by atoms with Gasteiger partial charge in [-0.1, -0.05) is 19.6 Å². The molecule has 0 unspecified atom stereocenters. The van der Waals surface area contributed by atoms with Gasteiger partial charge >= 0.3 is 0 Å². The van der Waals surface area contributed by atoms with Gasteiger partial charge in [0.2, 0.25) is 11.8 Å². The van der Waals surface area contributed by atoms with Gasteiger partial charge in [0.1, 0.15) is 24.4 Å². The van der Waals surface area contributed by atoms with Crippen molar-refractivity contribution in [2.45, 2.75) is 51.9 Å². The third kappa shape index (κ3) is 5.67. The number of ether oxygens (including phenoxy) is 3. The van der Waals surface area contributed by atoms with Gasteiger partial charge in [0.15, 0.2) is 11.6 Å². The van der Waals surface area contributed by atoms with E-state index >= 15 is 0 Å². The van der Waals surface area contributed by atoms with Crippen LogP contribution < -0.4 is 14.8 Å². The highest BCUT2D eigenvalue weighted by molar-refractivity contribution is 6.76. The highest BCUT2D eigenvalue weighted by Crippen LogP contribution is 2.43. The van der Waals surface area contributed by atoms with Crippen LogP contribution in [-0.2, 0) is 16.3 Å². The monoisotopic (exact) mass is 518 g/mol. The zero-order valence-electron chi connectivity index (χ0n) is 21.2. The molecule has 8 nitrogen and oxygen atoms in total. The number of alkyl halides is 1. The van der Waals surface area contributed by atoms with E-state index in [1.54, 1.807) is 22.9 Å². The number of hydrogen-bond acceptors (Lipinski definition) is 6. The fourth-order valence-corrected chi connectivity index (χ4v) is 4.62. The molecule has 36 heavy (non-hydrogen) atoms. The molecule has 11 heteroatoms. The summed E-state index contributed by atoms with van der Waals surface area (Å²) in [7, 11) is 0.106. The van der Waals surface area contributed by atoms with Crippen molar-refractivity contribution in [1.29, 1.82) is 0 Å². The Morgan fingerprint density at radius 3 is 2.69 bits per heavy atom. The number of carbonyl (C=O) groups excluding carboxylic acids is 1. The second-order valence-corrected chi connectivity index (χ2v) is 15.6. The molecule has 1 N–H and O–H groups in total. The van der Waals surface area contributed by atoms with Crippen molar-refractivity contribution in [3.8, 4) is 22.8 Å². The molecule has 0 radical (unpaired) electrons. The van der Waals surface area contributed by atoms with Gasteiger partial charge < -0.3 is 24.1 Å². The molecule has 194 valence electrons. The number of nitrogens with one attached hydrogen (secondary N) is 1. The topological polar surface area (TPSA) is 87.5 Å². The van der Waals surface area contributed by atoms with E-state index in [-0.39, 0.29) is 24.8 Å². The first kappa shape index (κ1) is 26.0. The molecule has 3 aromatic heterocycles. The molecular weight excluding hydrogens is 486 g/mol. The zero-order valence-corrected chi connectivity index (χ0v) is 22.2. The normalized spacial score (nSPS) is 17.3. The molecule has 0 saturated heterocycles. The summed E-state index contributed by atoms with van der Waals surface area (Å²) in [5.41, 5.74) is 1.47. The minimum absolute atomic E-state index is 0.00671. The Hall–Kier alpha value is -3.05. The molecule has 2 atom stereocenters. The highest BCUT2D eigenvalue weighted by atomic mass is 28.3. The lowest BCUT2D eigenvalue weighted by molar-refractivity contribution is -0.117. The third-order valence-corrected chi connectivity index (χ3v) is 7.66. The molecule has 3 heterocycles. The van der Waals surface area contributed by atoms with Gasteiger partial charge in [0, 0.05) is 31.8 Å². The van der Waals surface area contributed by atoms with Crippen molar-refractivity contribution in [3.05, 3.63) is 30.3 Å². The summed E-state index contributed by atoms with van der Waals surface area (Å²) in [6.07, 6.45) is 1.98. The first-order valence-electron chi connectivity index (χ1n) is 12.0. The lowest BCUT2D eigenvalue weighted by Gasteiger charge is -2.15. The first-order chi connectivity index (χ1) is 17.1. The van der Waals surface area contributed by atoms with Crippen LogP contribution in [-0.4, -0.2) is 55.0 Å². The maximum Gasteiger partial charge on any atom is 0.231 e. The maximum absolute atomic E-state index is 14.7. The fraction of sp³-hybridized carbons (Fsp3) is 0.480.